The Morgan fingerprint density at radius 1 is 1.67 bits per heavy atom. The molecule has 0 spiro atoms. The zero-order valence-electron chi connectivity index (χ0n) is 10.3. The van der Waals surface area contributed by atoms with Gasteiger partial charge in [0.1, 0.15) is 0 Å². The lowest BCUT2D eigenvalue weighted by molar-refractivity contribution is 0.730. The van der Waals surface area contributed by atoms with Crippen molar-refractivity contribution in [1.29, 1.82) is 0 Å². The predicted molar refractivity (Wildman–Crippen MR) is 27.6 cm³/mol. The molecule has 1 atom stereocenters. The highest BCUT2D eigenvalue weighted by molar-refractivity contribution is 4.85. The lowest BCUT2D eigenvalue weighted by Gasteiger charge is -1.97. The first-order chi connectivity index (χ1) is 5.71. The minimum absolute atomic E-state index is 0.189. The van der Waals surface area contributed by atoms with Crippen LogP contribution in [0.15, 0.2) is 12.1 Å². The van der Waals surface area contributed by atoms with Crippen molar-refractivity contribution in [2.24, 2.45) is 0 Å². The number of hydrogen-bond donors (Lipinski definition) is 0. The Morgan fingerprint density at radius 3 is 3.67 bits per heavy atom. The third-order valence-corrected chi connectivity index (χ3v) is 0.529. The van der Waals surface area contributed by atoms with E-state index >= 15 is 0 Å². The van der Waals surface area contributed by atoms with Crippen molar-refractivity contribution < 1.29 is 9.60 Å². The van der Waals surface area contributed by atoms with E-state index in [-0.39, 0.29) is 12.5 Å². The van der Waals surface area contributed by atoms with Gasteiger partial charge in [0, 0.05) is 6.85 Å². The predicted octanol–water partition coefficient (Wildman–Crippen LogP) is 2.12. The van der Waals surface area contributed by atoms with Crippen molar-refractivity contribution in [2.45, 2.75) is 25.6 Å². The molecule has 34 valence electrons. The summed E-state index contributed by atoms with van der Waals surface area (Å²) < 4.78 is 51.0. The molecule has 1 unspecified atom stereocenters. The molecule has 0 radical (unpaired) electrons. The third kappa shape index (κ3) is 0.852. The maximum absolute atomic E-state index is 7.32. The summed E-state index contributed by atoms with van der Waals surface area (Å²) >= 11 is 0. The summed E-state index contributed by atoms with van der Waals surface area (Å²) in [6, 6.07) is -0.916. The van der Waals surface area contributed by atoms with Gasteiger partial charge in [-0.05, 0) is 25.6 Å². The minimum atomic E-state index is -2.52. The van der Waals surface area contributed by atoms with Gasteiger partial charge in [-0.3, -0.25) is 0 Å². The van der Waals surface area contributed by atoms with Crippen LogP contribution >= 0.6 is 0 Å². The zero-order chi connectivity index (χ0) is 10.4. The number of allylic oxidation sites excluding steroid dienone is 2. The molecular formula is C6H10. The zero-order valence-corrected chi connectivity index (χ0v) is 3.28. The highest BCUT2D eigenvalue weighted by Crippen LogP contribution is 2.07. The van der Waals surface area contributed by atoms with Crippen molar-refractivity contribution in [3.05, 3.63) is 12.1 Å². The molecule has 1 aliphatic carbocycles. The topological polar surface area (TPSA) is 0 Å². The summed E-state index contributed by atoms with van der Waals surface area (Å²) in [6.45, 7) is 0. The first-order valence-corrected chi connectivity index (χ1v) is 1.80. The van der Waals surface area contributed by atoms with Gasteiger partial charge in [0.2, 0.25) is 0 Å². The second-order valence-electron chi connectivity index (χ2n) is 0.979. The van der Waals surface area contributed by atoms with E-state index in [0.717, 1.165) is 0 Å². The van der Waals surface area contributed by atoms with E-state index in [1.807, 2.05) is 0 Å². The van der Waals surface area contributed by atoms with Gasteiger partial charge in [-0.15, -0.1) is 0 Å². The molecule has 0 aromatic rings. The van der Waals surface area contributed by atoms with E-state index < -0.39 is 25.2 Å². The molecule has 0 nitrogen and oxygen atoms in total. The average Bonchev–Trinajstić information content (AvgIpc) is 2.00. The van der Waals surface area contributed by atoms with E-state index in [1.54, 1.807) is 0 Å². The van der Waals surface area contributed by atoms with Crippen LogP contribution < -0.4 is 0 Å². The molecule has 0 amide bonds. The summed E-state index contributed by atoms with van der Waals surface area (Å²) in [7, 11) is 0. The molecule has 0 saturated carbocycles. The third-order valence-electron chi connectivity index (χ3n) is 0.529. The van der Waals surface area contributed by atoms with E-state index in [2.05, 4.69) is 0 Å². The Hall–Kier alpha value is -0.260. The fourth-order valence-electron chi connectivity index (χ4n) is 0.284. The van der Waals surface area contributed by atoms with Crippen LogP contribution in [0.5, 0.6) is 0 Å². The van der Waals surface area contributed by atoms with Crippen molar-refractivity contribution in [2.75, 3.05) is 0 Å². The van der Waals surface area contributed by atoms with Gasteiger partial charge in [-0.1, -0.05) is 12.1 Å². The largest absolute Gasteiger partial charge is 0.0885 e. The van der Waals surface area contributed by atoms with Gasteiger partial charge in [0.05, 0.1) is 2.74 Å². The first-order valence-electron chi connectivity index (χ1n) is 5.38. The highest BCUT2D eigenvalue weighted by Gasteiger charge is 1.87. The molecule has 0 bridgehead atoms. The summed E-state index contributed by atoms with van der Waals surface area (Å²) in [6.07, 6.45) is -6.39. The average molecular weight is 89.2 g/mol. The Morgan fingerprint density at radius 2 is 2.67 bits per heavy atom. The van der Waals surface area contributed by atoms with Gasteiger partial charge in [0.15, 0.2) is 0 Å². The van der Waals surface area contributed by atoms with Crippen LogP contribution in [0.3, 0.4) is 0 Å². The standard InChI is InChI=1S/C6H10/c1-2-4-6-5-3-1/h1-2H,3-6H2/i1D,2D,3D2,5D2,6D. The molecular weight excluding hydrogens is 72.1 g/mol. The van der Waals surface area contributed by atoms with E-state index in [1.165, 1.54) is 0 Å². The molecule has 0 aliphatic heterocycles. The molecule has 0 saturated heterocycles. The second-order valence-corrected chi connectivity index (χ2v) is 0.979. The monoisotopic (exact) mass is 89.1 g/mol. The van der Waals surface area contributed by atoms with Gasteiger partial charge in [-0.25, -0.2) is 0 Å². The molecule has 1 rings (SSSR count). The van der Waals surface area contributed by atoms with E-state index in [9.17, 15) is 0 Å². The van der Waals surface area contributed by atoms with Crippen LogP contribution in [0.4, 0.5) is 0 Å². The second kappa shape index (κ2) is 2.01. The van der Waals surface area contributed by atoms with Crippen molar-refractivity contribution in [3.8, 4) is 0 Å². The van der Waals surface area contributed by atoms with Crippen molar-refractivity contribution in [3.63, 3.8) is 0 Å². The fourth-order valence-corrected chi connectivity index (χ4v) is 0.284. The summed E-state index contributed by atoms with van der Waals surface area (Å²) in [4.78, 5) is 0. The summed E-state index contributed by atoms with van der Waals surface area (Å²) in [5.41, 5.74) is 0. The Bertz CT molecular complexity index is 254. The quantitative estimate of drug-likeness (QED) is 0.399. The van der Waals surface area contributed by atoms with Crippen LogP contribution in [0, 0.1) is 0 Å². The van der Waals surface area contributed by atoms with E-state index in [0.29, 0.717) is 0 Å². The lowest BCUT2D eigenvalue weighted by atomic mass is 10.1. The SMILES string of the molecule is [2H]C1=C([2H])C([2H])([2H])C([2H])([2H])C([2H])C1. The molecule has 0 heterocycles. The molecule has 0 heteroatoms. The maximum atomic E-state index is 7.32. The van der Waals surface area contributed by atoms with Gasteiger partial charge in [-0.2, -0.15) is 0 Å². The molecule has 0 aromatic heterocycles. The maximum Gasteiger partial charge on any atom is 0.0572 e. The Kier molecular flexibility index (Phi) is 0.266. The van der Waals surface area contributed by atoms with Gasteiger partial charge >= 0.3 is 0 Å². The smallest absolute Gasteiger partial charge is 0.0572 e. The lowest BCUT2D eigenvalue weighted by Crippen LogP contribution is -1.77. The van der Waals surface area contributed by atoms with Gasteiger partial charge < -0.3 is 0 Å². The highest BCUT2D eigenvalue weighted by atomic mass is 13.9. The molecule has 6 heavy (non-hydrogen) atoms. The number of rotatable bonds is 0. The molecule has 1 aliphatic rings. The van der Waals surface area contributed by atoms with E-state index in [4.69, 9.17) is 9.60 Å². The van der Waals surface area contributed by atoms with Crippen molar-refractivity contribution in [1.82, 2.24) is 0 Å². The minimum Gasteiger partial charge on any atom is -0.0885 e. The Labute approximate surface area is 48.7 Å². The summed E-state index contributed by atoms with van der Waals surface area (Å²) in [5, 5.41) is 0. The Balaban J connectivity index is 3.22. The fraction of sp³-hybridized carbons (Fsp3) is 0.667. The van der Waals surface area contributed by atoms with Crippen molar-refractivity contribution >= 4 is 0 Å². The normalized spacial score (nSPS) is 70.7. The molecule has 0 N–H and O–H groups in total. The first kappa shape index (κ1) is 0.795. The van der Waals surface area contributed by atoms with Crippen LogP contribution in [0.25, 0.3) is 0 Å². The van der Waals surface area contributed by atoms with Crippen LogP contribution in [0.1, 0.15) is 35.2 Å². The van der Waals surface area contributed by atoms with Gasteiger partial charge in [0.25, 0.3) is 0 Å². The molecule has 0 fully saturated rings. The summed E-state index contributed by atoms with van der Waals surface area (Å²) in [5.74, 6) is 0. The number of hydrogen-bond acceptors (Lipinski definition) is 0. The van der Waals surface area contributed by atoms with Crippen LogP contribution in [-0.4, -0.2) is 0 Å². The van der Waals surface area contributed by atoms with Crippen LogP contribution in [-0.2, 0) is 0 Å². The molecule has 0 aromatic carbocycles. The van der Waals surface area contributed by atoms with Crippen LogP contribution in [0.2, 0.25) is 0 Å².